The maximum Gasteiger partial charge on any atom is 0.119 e. The van der Waals surface area contributed by atoms with Gasteiger partial charge in [0.1, 0.15) is 5.75 Å². The molecular weight excluding hydrogens is 200 g/mol. The number of hydrogen-bond donors (Lipinski definition) is 2. The number of methoxy groups -OCH3 is 1. The zero-order chi connectivity index (χ0) is 11.4. The largest absolute Gasteiger partial charge is 0.497 e. The van der Waals surface area contributed by atoms with Crippen LogP contribution in [0.25, 0.3) is 0 Å². The van der Waals surface area contributed by atoms with Gasteiger partial charge in [-0.25, -0.2) is 0 Å². The molecule has 88 valence electrons. The molecule has 0 radical (unpaired) electrons. The van der Waals surface area contributed by atoms with E-state index in [0.29, 0.717) is 12.5 Å². The second-order valence-corrected chi connectivity index (χ2v) is 4.39. The normalized spacial score (nSPS) is 17.1. The standard InChI is InChI=1S/C13H20N2O/c1-16-13-4-2-3-10(7-13)11(8-14)9-15-12-5-6-12/h2-4,7,11-12,15H,5-6,8-9,14H2,1H3. The highest BCUT2D eigenvalue weighted by molar-refractivity contribution is 5.31. The summed E-state index contributed by atoms with van der Waals surface area (Å²) in [4.78, 5) is 0. The van der Waals surface area contributed by atoms with Crippen LogP contribution in [0.4, 0.5) is 0 Å². The molecule has 0 saturated heterocycles. The van der Waals surface area contributed by atoms with Crippen molar-refractivity contribution in [1.82, 2.24) is 5.32 Å². The zero-order valence-corrected chi connectivity index (χ0v) is 9.78. The van der Waals surface area contributed by atoms with Crippen LogP contribution in [0, 0.1) is 0 Å². The number of nitrogens with one attached hydrogen (secondary N) is 1. The van der Waals surface area contributed by atoms with Crippen molar-refractivity contribution >= 4 is 0 Å². The van der Waals surface area contributed by atoms with Gasteiger partial charge in [0.05, 0.1) is 7.11 Å². The molecule has 0 amide bonds. The Hall–Kier alpha value is -1.06. The van der Waals surface area contributed by atoms with Gasteiger partial charge in [-0.2, -0.15) is 0 Å². The van der Waals surface area contributed by atoms with E-state index in [1.807, 2.05) is 12.1 Å². The van der Waals surface area contributed by atoms with Crippen LogP contribution in [0.2, 0.25) is 0 Å². The minimum absolute atomic E-state index is 0.385. The monoisotopic (exact) mass is 220 g/mol. The second kappa shape index (κ2) is 5.32. The summed E-state index contributed by atoms with van der Waals surface area (Å²) in [6.45, 7) is 1.64. The van der Waals surface area contributed by atoms with Crippen molar-refractivity contribution in [1.29, 1.82) is 0 Å². The Labute approximate surface area is 97.0 Å². The fraction of sp³-hybridized carbons (Fsp3) is 0.538. The van der Waals surface area contributed by atoms with Gasteiger partial charge < -0.3 is 15.8 Å². The molecule has 1 unspecified atom stereocenters. The van der Waals surface area contributed by atoms with E-state index in [0.717, 1.165) is 18.3 Å². The van der Waals surface area contributed by atoms with Gasteiger partial charge in [-0.1, -0.05) is 12.1 Å². The molecular formula is C13H20N2O. The van der Waals surface area contributed by atoms with Crippen molar-refractivity contribution in [2.24, 2.45) is 5.73 Å². The van der Waals surface area contributed by atoms with Crippen LogP contribution in [-0.4, -0.2) is 26.2 Å². The number of hydrogen-bond acceptors (Lipinski definition) is 3. The summed E-state index contributed by atoms with van der Waals surface area (Å²) < 4.78 is 5.23. The van der Waals surface area contributed by atoms with E-state index in [2.05, 4.69) is 17.4 Å². The highest BCUT2D eigenvalue weighted by atomic mass is 16.5. The molecule has 1 aliphatic rings. The summed E-state index contributed by atoms with van der Waals surface area (Å²) in [5.41, 5.74) is 7.08. The SMILES string of the molecule is COc1cccc(C(CN)CNC2CC2)c1. The second-order valence-electron chi connectivity index (χ2n) is 4.39. The Kier molecular flexibility index (Phi) is 3.80. The lowest BCUT2D eigenvalue weighted by Gasteiger charge is -2.16. The molecule has 0 spiro atoms. The Morgan fingerprint density at radius 1 is 1.50 bits per heavy atom. The number of benzene rings is 1. The number of ether oxygens (including phenoxy) is 1. The Bertz CT molecular complexity index is 336. The lowest BCUT2D eigenvalue weighted by Crippen LogP contribution is -2.28. The summed E-state index contributed by atoms with van der Waals surface area (Å²) >= 11 is 0. The van der Waals surface area contributed by atoms with Crippen molar-refractivity contribution in [3.05, 3.63) is 29.8 Å². The third-order valence-electron chi connectivity index (χ3n) is 3.08. The first kappa shape index (κ1) is 11.4. The van der Waals surface area contributed by atoms with Crippen LogP contribution >= 0.6 is 0 Å². The molecule has 1 atom stereocenters. The first-order chi connectivity index (χ1) is 7.83. The smallest absolute Gasteiger partial charge is 0.119 e. The maximum atomic E-state index is 5.82. The molecule has 1 aromatic carbocycles. The molecule has 16 heavy (non-hydrogen) atoms. The van der Waals surface area contributed by atoms with E-state index in [9.17, 15) is 0 Å². The van der Waals surface area contributed by atoms with Crippen molar-refractivity contribution in [3.63, 3.8) is 0 Å². The minimum atomic E-state index is 0.385. The van der Waals surface area contributed by atoms with Crippen LogP contribution in [-0.2, 0) is 0 Å². The summed E-state index contributed by atoms with van der Waals surface area (Å²) in [6, 6.07) is 8.92. The number of rotatable bonds is 6. The van der Waals surface area contributed by atoms with Gasteiger partial charge in [0.15, 0.2) is 0 Å². The Morgan fingerprint density at radius 2 is 2.31 bits per heavy atom. The highest BCUT2D eigenvalue weighted by Gasteiger charge is 2.22. The minimum Gasteiger partial charge on any atom is -0.497 e. The molecule has 0 aliphatic heterocycles. The molecule has 3 N–H and O–H groups in total. The van der Waals surface area contributed by atoms with E-state index in [4.69, 9.17) is 10.5 Å². The van der Waals surface area contributed by atoms with E-state index >= 15 is 0 Å². The van der Waals surface area contributed by atoms with Gasteiger partial charge in [-0.3, -0.25) is 0 Å². The summed E-state index contributed by atoms with van der Waals surface area (Å²) in [6.07, 6.45) is 2.63. The van der Waals surface area contributed by atoms with Crippen LogP contribution in [0.15, 0.2) is 24.3 Å². The van der Waals surface area contributed by atoms with Gasteiger partial charge in [-0.15, -0.1) is 0 Å². The highest BCUT2D eigenvalue weighted by Crippen LogP contribution is 2.22. The fourth-order valence-corrected chi connectivity index (χ4v) is 1.83. The van der Waals surface area contributed by atoms with Crippen LogP contribution in [0.3, 0.4) is 0 Å². The predicted molar refractivity (Wildman–Crippen MR) is 65.8 cm³/mol. The zero-order valence-electron chi connectivity index (χ0n) is 9.78. The quantitative estimate of drug-likeness (QED) is 0.763. The first-order valence-electron chi connectivity index (χ1n) is 5.91. The summed E-state index contributed by atoms with van der Waals surface area (Å²) in [5, 5.41) is 3.52. The topological polar surface area (TPSA) is 47.3 Å². The molecule has 0 heterocycles. The average Bonchev–Trinajstić information content (AvgIpc) is 3.14. The van der Waals surface area contributed by atoms with Gasteiger partial charge in [-0.05, 0) is 30.5 Å². The summed E-state index contributed by atoms with van der Waals surface area (Å²) in [7, 11) is 1.69. The fourth-order valence-electron chi connectivity index (χ4n) is 1.83. The summed E-state index contributed by atoms with van der Waals surface area (Å²) in [5.74, 6) is 1.29. The molecule has 3 nitrogen and oxygen atoms in total. The van der Waals surface area contributed by atoms with Gasteiger partial charge in [0.25, 0.3) is 0 Å². The third kappa shape index (κ3) is 2.97. The number of nitrogens with two attached hydrogens (primary N) is 1. The predicted octanol–water partition coefficient (Wildman–Crippen LogP) is 1.49. The van der Waals surface area contributed by atoms with Crippen LogP contribution in [0.1, 0.15) is 24.3 Å². The molecule has 1 saturated carbocycles. The van der Waals surface area contributed by atoms with Gasteiger partial charge >= 0.3 is 0 Å². The Balaban J connectivity index is 1.99. The van der Waals surface area contributed by atoms with Crippen molar-refractivity contribution in [3.8, 4) is 5.75 Å². The Morgan fingerprint density at radius 3 is 2.94 bits per heavy atom. The molecule has 0 bridgehead atoms. The first-order valence-corrected chi connectivity index (χ1v) is 5.91. The third-order valence-corrected chi connectivity index (χ3v) is 3.08. The van der Waals surface area contributed by atoms with Gasteiger partial charge in [0, 0.05) is 25.0 Å². The van der Waals surface area contributed by atoms with E-state index in [-0.39, 0.29) is 0 Å². The lowest BCUT2D eigenvalue weighted by molar-refractivity contribution is 0.413. The molecule has 1 fully saturated rings. The van der Waals surface area contributed by atoms with Crippen molar-refractivity contribution < 1.29 is 4.74 Å². The van der Waals surface area contributed by atoms with Crippen molar-refractivity contribution in [2.45, 2.75) is 24.8 Å². The maximum absolute atomic E-state index is 5.82. The molecule has 2 rings (SSSR count). The van der Waals surface area contributed by atoms with Crippen LogP contribution in [0.5, 0.6) is 5.75 Å². The average molecular weight is 220 g/mol. The van der Waals surface area contributed by atoms with Crippen LogP contribution < -0.4 is 15.8 Å². The lowest BCUT2D eigenvalue weighted by atomic mass is 9.99. The molecule has 3 heteroatoms. The van der Waals surface area contributed by atoms with Gasteiger partial charge in [0.2, 0.25) is 0 Å². The van der Waals surface area contributed by atoms with E-state index in [1.165, 1.54) is 18.4 Å². The van der Waals surface area contributed by atoms with E-state index < -0.39 is 0 Å². The molecule has 0 aromatic heterocycles. The molecule has 1 aliphatic carbocycles. The van der Waals surface area contributed by atoms with E-state index in [1.54, 1.807) is 7.11 Å². The van der Waals surface area contributed by atoms with Crippen molar-refractivity contribution in [2.75, 3.05) is 20.2 Å². The molecule has 1 aromatic rings.